The van der Waals surface area contributed by atoms with Gasteiger partial charge in [0.15, 0.2) is 0 Å². The molecule has 1 aliphatic rings. The largest absolute Gasteiger partial charge is 0.392 e. The molecule has 3 rings (SSSR count). The number of nitrogens with zero attached hydrogens (tertiary/aromatic N) is 3. The first kappa shape index (κ1) is 13.8. The monoisotopic (exact) mass is 328 g/mol. The number of nitrogens with two attached hydrogens (primary N) is 1. The second kappa shape index (κ2) is 4.99. The molecule has 0 amide bonds. The Morgan fingerprint density at radius 1 is 1.45 bits per heavy atom. The number of hydrogen-bond acceptors (Lipinski definition) is 6. The van der Waals surface area contributed by atoms with E-state index in [2.05, 4.69) is 8.75 Å². The van der Waals surface area contributed by atoms with Gasteiger partial charge in [0, 0.05) is 6.54 Å². The smallest absolute Gasteiger partial charge is 0.245 e. The van der Waals surface area contributed by atoms with Crippen LogP contribution in [0.4, 0.5) is 0 Å². The molecule has 20 heavy (non-hydrogen) atoms. The molecule has 1 aromatic carbocycles. The van der Waals surface area contributed by atoms with Crippen molar-refractivity contribution < 1.29 is 8.42 Å². The Kier molecular flexibility index (Phi) is 3.44. The summed E-state index contributed by atoms with van der Waals surface area (Å²) in [5.74, 6) is 0. The van der Waals surface area contributed by atoms with E-state index in [0.29, 0.717) is 24.0 Å². The zero-order valence-electron chi connectivity index (χ0n) is 10.4. The highest BCUT2D eigenvalue weighted by Crippen LogP contribution is 2.29. The van der Waals surface area contributed by atoms with E-state index in [4.69, 9.17) is 18.0 Å². The Morgan fingerprint density at radius 3 is 3.00 bits per heavy atom. The van der Waals surface area contributed by atoms with Crippen molar-refractivity contribution in [3.8, 4) is 0 Å². The van der Waals surface area contributed by atoms with E-state index < -0.39 is 16.1 Å². The van der Waals surface area contributed by atoms with Crippen molar-refractivity contribution >= 4 is 50.0 Å². The minimum atomic E-state index is -3.66. The lowest BCUT2D eigenvalue weighted by Crippen LogP contribution is -2.42. The van der Waals surface area contributed by atoms with Crippen molar-refractivity contribution in [1.29, 1.82) is 0 Å². The van der Waals surface area contributed by atoms with Gasteiger partial charge in [-0.05, 0) is 25.0 Å². The lowest BCUT2D eigenvalue weighted by atomic mass is 10.2. The van der Waals surface area contributed by atoms with Gasteiger partial charge in [0.25, 0.3) is 0 Å². The normalized spacial score (nSPS) is 20.5. The van der Waals surface area contributed by atoms with Crippen molar-refractivity contribution in [1.82, 2.24) is 13.1 Å². The molecular weight excluding hydrogens is 316 g/mol. The molecule has 0 bridgehead atoms. The highest BCUT2D eigenvalue weighted by Gasteiger charge is 2.37. The highest BCUT2D eigenvalue weighted by molar-refractivity contribution is 7.89. The summed E-state index contributed by atoms with van der Waals surface area (Å²) in [6, 6.07) is 4.56. The standard InChI is InChI=1S/C11H12N4O2S3/c12-11(18)8-4-2-6-15(8)20(16,17)9-5-1-3-7-10(9)14-19-13-7/h1,3,5,8H,2,4,6H2,(H2,12,18). The van der Waals surface area contributed by atoms with Crippen LogP contribution < -0.4 is 5.73 Å². The van der Waals surface area contributed by atoms with E-state index in [9.17, 15) is 8.42 Å². The van der Waals surface area contributed by atoms with Gasteiger partial charge in [0.05, 0.1) is 22.8 Å². The number of hydrogen-bond donors (Lipinski definition) is 1. The molecule has 0 spiro atoms. The Morgan fingerprint density at radius 2 is 2.25 bits per heavy atom. The van der Waals surface area contributed by atoms with Crippen LogP contribution in [0.2, 0.25) is 0 Å². The summed E-state index contributed by atoms with van der Waals surface area (Å²) >= 11 is 5.98. The van der Waals surface area contributed by atoms with Gasteiger partial charge in [-0.1, -0.05) is 18.3 Å². The van der Waals surface area contributed by atoms with Gasteiger partial charge in [0.2, 0.25) is 10.0 Å². The Bertz CT molecular complexity index is 771. The number of rotatable bonds is 3. The molecule has 0 saturated carbocycles. The first-order chi connectivity index (χ1) is 9.51. The maximum atomic E-state index is 12.8. The third-order valence-corrected chi connectivity index (χ3v) is 6.12. The first-order valence-electron chi connectivity index (χ1n) is 6.04. The molecule has 2 heterocycles. The van der Waals surface area contributed by atoms with Crippen LogP contribution in [0.25, 0.3) is 11.0 Å². The average molecular weight is 328 g/mol. The topological polar surface area (TPSA) is 89.2 Å². The number of thiocarbonyl (C=S) groups is 1. The van der Waals surface area contributed by atoms with E-state index in [0.717, 1.165) is 18.1 Å². The van der Waals surface area contributed by atoms with Crippen LogP contribution in [-0.2, 0) is 10.0 Å². The zero-order valence-corrected chi connectivity index (χ0v) is 12.8. The van der Waals surface area contributed by atoms with Gasteiger partial charge in [-0.15, -0.1) is 0 Å². The van der Waals surface area contributed by atoms with E-state index in [1.165, 1.54) is 4.31 Å². The van der Waals surface area contributed by atoms with Crippen LogP contribution in [0, 0.1) is 0 Å². The van der Waals surface area contributed by atoms with E-state index in [-0.39, 0.29) is 9.88 Å². The molecule has 106 valence electrons. The molecule has 1 saturated heterocycles. The van der Waals surface area contributed by atoms with Crippen molar-refractivity contribution in [2.45, 2.75) is 23.8 Å². The molecule has 0 radical (unpaired) electrons. The first-order valence-corrected chi connectivity index (χ1v) is 8.62. The van der Waals surface area contributed by atoms with Crippen LogP contribution in [0.1, 0.15) is 12.8 Å². The quantitative estimate of drug-likeness (QED) is 0.850. The Labute approximate surface area is 126 Å². The van der Waals surface area contributed by atoms with Crippen LogP contribution >= 0.6 is 23.9 Å². The summed E-state index contributed by atoms with van der Waals surface area (Å²) in [4.78, 5) is 0.390. The predicted octanol–water partition coefficient (Wildman–Crippen LogP) is 1.13. The molecule has 1 aromatic heterocycles. The lowest BCUT2D eigenvalue weighted by molar-refractivity contribution is 0.447. The van der Waals surface area contributed by atoms with Gasteiger partial charge < -0.3 is 5.73 Å². The van der Waals surface area contributed by atoms with Crippen molar-refractivity contribution in [3.05, 3.63) is 18.2 Å². The zero-order chi connectivity index (χ0) is 14.3. The van der Waals surface area contributed by atoms with Crippen LogP contribution in [0.15, 0.2) is 23.1 Å². The Hall–Kier alpha value is -1.16. The number of fused-ring (bicyclic) bond motifs is 1. The molecular formula is C11H12N4O2S3. The second-order valence-corrected chi connectivity index (χ2v) is 7.42. The highest BCUT2D eigenvalue weighted by atomic mass is 32.2. The third kappa shape index (κ3) is 2.10. The van der Waals surface area contributed by atoms with Crippen LogP contribution in [0.5, 0.6) is 0 Å². The molecule has 1 aliphatic heterocycles. The molecule has 2 N–H and O–H groups in total. The second-order valence-electron chi connectivity index (χ2n) is 4.56. The third-order valence-electron chi connectivity index (χ3n) is 3.37. The molecule has 2 aromatic rings. The van der Waals surface area contributed by atoms with E-state index in [1.807, 2.05) is 0 Å². The molecule has 1 fully saturated rings. The summed E-state index contributed by atoms with van der Waals surface area (Å²) in [5, 5.41) is 0. The fraction of sp³-hybridized carbons (Fsp3) is 0.364. The van der Waals surface area contributed by atoms with Gasteiger partial charge in [-0.25, -0.2) is 8.42 Å². The molecule has 0 aliphatic carbocycles. The number of aromatic nitrogens is 2. The average Bonchev–Trinajstić information content (AvgIpc) is 3.06. The van der Waals surface area contributed by atoms with Crippen molar-refractivity contribution in [2.75, 3.05) is 6.54 Å². The van der Waals surface area contributed by atoms with E-state index >= 15 is 0 Å². The van der Waals surface area contributed by atoms with Gasteiger partial charge in [-0.2, -0.15) is 13.1 Å². The summed E-state index contributed by atoms with van der Waals surface area (Å²) in [7, 11) is -3.66. The fourth-order valence-electron chi connectivity index (χ4n) is 2.43. The van der Waals surface area contributed by atoms with Crippen molar-refractivity contribution in [3.63, 3.8) is 0 Å². The SMILES string of the molecule is NC(=S)C1CCCN1S(=O)(=O)c1cccc2nsnc12. The number of sulfonamides is 1. The molecule has 1 atom stereocenters. The van der Waals surface area contributed by atoms with E-state index in [1.54, 1.807) is 18.2 Å². The van der Waals surface area contributed by atoms with Crippen LogP contribution in [0.3, 0.4) is 0 Å². The molecule has 1 unspecified atom stereocenters. The van der Waals surface area contributed by atoms with Gasteiger partial charge in [0.1, 0.15) is 15.9 Å². The van der Waals surface area contributed by atoms with Crippen LogP contribution in [-0.4, -0.2) is 39.0 Å². The summed E-state index contributed by atoms with van der Waals surface area (Å²) in [6.07, 6.45) is 1.42. The maximum Gasteiger partial charge on any atom is 0.245 e. The summed E-state index contributed by atoms with van der Waals surface area (Å²) in [6.45, 7) is 0.429. The minimum absolute atomic E-state index is 0.173. The fourth-order valence-corrected chi connectivity index (χ4v) is 5.17. The Balaban J connectivity index is 2.12. The van der Waals surface area contributed by atoms with Gasteiger partial charge >= 0.3 is 0 Å². The minimum Gasteiger partial charge on any atom is -0.392 e. The predicted molar refractivity (Wildman–Crippen MR) is 81.1 cm³/mol. The van der Waals surface area contributed by atoms with Gasteiger partial charge in [-0.3, -0.25) is 0 Å². The number of benzene rings is 1. The maximum absolute atomic E-state index is 12.8. The van der Waals surface area contributed by atoms with Crippen molar-refractivity contribution in [2.24, 2.45) is 5.73 Å². The molecule has 6 nitrogen and oxygen atoms in total. The molecule has 9 heteroatoms. The summed E-state index contributed by atoms with van der Waals surface area (Å²) < 4.78 is 35.2. The summed E-state index contributed by atoms with van der Waals surface area (Å²) in [5.41, 5.74) is 6.65. The lowest BCUT2D eigenvalue weighted by Gasteiger charge is -2.23.